The lowest BCUT2D eigenvalue weighted by atomic mass is 9.98. The molecule has 0 unspecified atom stereocenters. The zero-order valence-electron chi connectivity index (χ0n) is 15.0. The van der Waals surface area contributed by atoms with Crippen molar-refractivity contribution in [3.63, 3.8) is 0 Å². The van der Waals surface area contributed by atoms with E-state index in [1.165, 1.54) is 11.9 Å². The molecule has 27 heavy (non-hydrogen) atoms. The maximum absolute atomic E-state index is 12.2. The first-order chi connectivity index (χ1) is 13.1. The summed E-state index contributed by atoms with van der Waals surface area (Å²) in [7, 11) is 1.61. The second kappa shape index (κ2) is 7.00. The Bertz CT molecular complexity index is 1050. The third-order valence-corrected chi connectivity index (χ3v) is 5.01. The number of benzene rings is 2. The number of halogens is 1. The van der Waals surface area contributed by atoms with Crippen LogP contribution in [0.2, 0.25) is 5.15 Å². The Morgan fingerprint density at radius 3 is 2.67 bits per heavy atom. The molecular weight excluding hydrogens is 362 g/mol. The third-order valence-electron chi connectivity index (χ3n) is 4.70. The summed E-state index contributed by atoms with van der Waals surface area (Å²) in [4.78, 5) is 16.7. The Labute approximate surface area is 162 Å². The summed E-state index contributed by atoms with van der Waals surface area (Å²) in [5.74, 6) is 0.594. The molecule has 0 spiro atoms. The zero-order chi connectivity index (χ0) is 19.0. The molecule has 3 aromatic rings. The predicted molar refractivity (Wildman–Crippen MR) is 106 cm³/mol. The summed E-state index contributed by atoms with van der Waals surface area (Å²) in [6.45, 7) is 1.51. The number of hydrogen-bond donors (Lipinski definition) is 0. The second-order valence-corrected chi connectivity index (χ2v) is 6.78. The number of hydrazone groups is 1. The van der Waals surface area contributed by atoms with Gasteiger partial charge in [-0.1, -0.05) is 41.9 Å². The van der Waals surface area contributed by atoms with Gasteiger partial charge in [-0.25, -0.2) is 9.99 Å². The molecule has 4 rings (SSSR count). The van der Waals surface area contributed by atoms with E-state index >= 15 is 0 Å². The van der Waals surface area contributed by atoms with Crippen LogP contribution in [0.3, 0.4) is 0 Å². The highest BCUT2D eigenvalue weighted by atomic mass is 35.5. The monoisotopic (exact) mass is 379 g/mol. The molecule has 0 aliphatic carbocycles. The first-order valence-corrected chi connectivity index (χ1v) is 9.01. The smallest absolute Gasteiger partial charge is 0.240 e. The van der Waals surface area contributed by atoms with E-state index in [-0.39, 0.29) is 11.9 Å². The fourth-order valence-corrected chi connectivity index (χ4v) is 3.62. The van der Waals surface area contributed by atoms with E-state index in [1.54, 1.807) is 7.11 Å². The molecule has 2 heterocycles. The largest absolute Gasteiger partial charge is 0.497 e. The van der Waals surface area contributed by atoms with Gasteiger partial charge in [0.2, 0.25) is 5.91 Å². The van der Waals surface area contributed by atoms with Gasteiger partial charge in [0.25, 0.3) is 0 Å². The van der Waals surface area contributed by atoms with Crippen molar-refractivity contribution in [3.05, 3.63) is 70.9 Å². The number of pyridine rings is 1. The highest BCUT2D eigenvalue weighted by Gasteiger charge is 2.33. The Balaban J connectivity index is 1.76. The van der Waals surface area contributed by atoms with Crippen LogP contribution in [-0.2, 0) is 4.79 Å². The number of carbonyl (C=O) groups is 1. The molecule has 136 valence electrons. The minimum absolute atomic E-state index is 0.128. The summed E-state index contributed by atoms with van der Waals surface area (Å²) < 4.78 is 5.25. The molecule has 0 radical (unpaired) electrons. The number of ether oxygens (including phenoxy) is 1. The highest BCUT2D eigenvalue weighted by molar-refractivity contribution is 6.30. The van der Waals surface area contributed by atoms with Crippen LogP contribution in [0.1, 0.15) is 30.5 Å². The first kappa shape index (κ1) is 17.5. The minimum atomic E-state index is -0.274. The van der Waals surface area contributed by atoms with Crippen LogP contribution in [0.25, 0.3) is 10.9 Å². The molecule has 1 amide bonds. The van der Waals surface area contributed by atoms with Gasteiger partial charge in [-0.2, -0.15) is 5.10 Å². The second-order valence-electron chi connectivity index (χ2n) is 6.42. The van der Waals surface area contributed by atoms with Gasteiger partial charge in [-0.15, -0.1) is 0 Å². The van der Waals surface area contributed by atoms with Crippen molar-refractivity contribution < 1.29 is 9.53 Å². The van der Waals surface area contributed by atoms with E-state index in [1.807, 2.05) is 54.6 Å². The number of carbonyl (C=O) groups excluding carboxylic acids is 1. The third kappa shape index (κ3) is 3.26. The maximum Gasteiger partial charge on any atom is 0.240 e. The zero-order valence-corrected chi connectivity index (χ0v) is 15.8. The molecule has 0 saturated heterocycles. The Hall–Kier alpha value is -2.92. The van der Waals surface area contributed by atoms with E-state index in [0.717, 1.165) is 33.5 Å². The van der Waals surface area contributed by atoms with Crippen LogP contribution in [0.5, 0.6) is 5.75 Å². The quantitative estimate of drug-likeness (QED) is 0.625. The molecular formula is C21H18ClN3O2. The summed E-state index contributed by atoms with van der Waals surface area (Å²) in [5, 5.41) is 7.37. The Morgan fingerprint density at radius 2 is 1.96 bits per heavy atom. The van der Waals surface area contributed by atoms with Crippen molar-refractivity contribution in [1.82, 2.24) is 9.99 Å². The molecule has 1 atom stereocenters. The van der Waals surface area contributed by atoms with E-state index in [9.17, 15) is 4.79 Å². The van der Waals surface area contributed by atoms with Crippen molar-refractivity contribution in [3.8, 4) is 5.75 Å². The lowest BCUT2D eigenvalue weighted by molar-refractivity contribution is -0.130. The van der Waals surface area contributed by atoms with Gasteiger partial charge in [0, 0.05) is 30.4 Å². The van der Waals surface area contributed by atoms with Crippen LogP contribution in [-0.4, -0.2) is 28.7 Å². The normalized spacial score (nSPS) is 16.5. The number of amides is 1. The summed E-state index contributed by atoms with van der Waals surface area (Å²) >= 11 is 6.50. The number of rotatable bonds is 3. The highest BCUT2D eigenvalue weighted by Crippen LogP contribution is 2.37. The van der Waals surface area contributed by atoms with Gasteiger partial charge in [0.1, 0.15) is 10.9 Å². The molecule has 0 fully saturated rings. The lowest BCUT2D eigenvalue weighted by Crippen LogP contribution is -2.24. The van der Waals surface area contributed by atoms with Crippen molar-refractivity contribution in [2.45, 2.75) is 19.4 Å². The number of fused-ring (bicyclic) bond motifs is 1. The molecule has 6 heteroatoms. The van der Waals surface area contributed by atoms with E-state index in [4.69, 9.17) is 16.3 Å². The van der Waals surface area contributed by atoms with Gasteiger partial charge in [0.15, 0.2) is 0 Å². The van der Waals surface area contributed by atoms with Gasteiger partial charge < -0.3 is 4.74 Å². The van der Waals surface area contributed by atoms with Crippen LogP contribution in [0.15, 0.2) is 59.7 Å². The van der Waals surface area contributed by atoms with Crippen LogP contribution in [0, 0.1) is 0 Å². The van der Waals surface area contributed by atoms with E-state index in [0.29, 0.717) is 11.6 Å². The Morgan fingerprint density at radius 1 is 1.19 bits per heavy atom. The molecule has 1 aliphatic rings. The topological polar surface area (TPSA) is 54.8 Å². The molecule has 5 nitrogen and oxygen atoms in total. The SMILES string of the molecule is COc1ccc2cc([C@@H]3CC(c4ccccc4)=NN3C(C)=O)c(Cl)nc2c1. The van der Waals surface area contributed by atoms with E-state index < -0.39 is 0 Å². The number of methoxy groups -OCH3 is 1. The maximum atomic E-state index is 12.2. The first-order valence-electron chi connectivity index (χ1n) is 8.63. The van der Waals surface area contributed by atoms with Crippen LogP contribution >= 0.6 is 11.6 Å². The van der Waals surface area contributed by atoms with Gasteiger partial charge in [-0.3, -0.25) is 4.79 Å². The molecule has 1 aliphatic heterocycles. The van der Waals surface area contributed by atoms with Crippen LogP contribution < -0.4 is 4.74 Å². The van der Waals surface area contributed by atoms with Crippen molar-refractivity contribution >= 4 is 34.1 Å². The number of hydrogen-bond acceptors (Lipinski definition) is 4. The number of nitrogens with zero attached hydrogens (tertiary/aromatic N) is 3. The standard InChI is InChI=1S/C21H18ClN3O2/c1-13(26)25-20(12-19(24-25)14-6-4-3-5-7-14)17-10-15-8-9-16(27-2)11-18(15)23-21(17)22/h3-11,20H,12H2,1-2H3/t20-/m0/s1. The van der Waals surface area contributed by atoms with Crippen molar-refractivity contribution in [1.29, 1.82) is 0 Å². The fraction of sp³-hybridized carbons (Fsp3) is 0.190. The van der Waals surface area contributed by atoms with Crippen LogP contribution in [0.4, 0.5) is 0 Å². The molecule has 0 bridgehead atoms. The van der Waals surface area contributed by atoms with Gasteiger partial charge >= 0.3 is 0 Å². The molecule has 0 N–H and O–H groups in total. The van der Waals surface area contributed by atoms with Gasteiger partial charge in [0.05, 0.1) is 24.4 Å². The Kier molecular flexibility index (Phi) is 4.54. The molecule has 2 aromatic carbocycles. The van der Waals surface area contributed by atoms with Crippen molar-refractivity contribution in [2.24, 2.45) is 5.10 Å². The lowest BCUT2D eigenvalue weighted by Gasteiger charge is -2.21. The average molecular weight is 380 g/mol. The summed E-state index contributed by atoms with van der Waals surface area (Å²) in [5.41, 5.74) is 3.40. The average Bonchev–Trinajstić information content (AvgIpc) is 3.13. The van der Waals surface area contributed by atoms with E-state index in [2.05, 4.69) is 10.1 Å². The summed E-state index contributed by atoms with van der Waals surface area (Å²) in [6, 6.07) is 17.2. The summed E-state index contributed by atoms with van der Waals surface area (Å²) in [6.07, 6.45) is 0.590. The number of aromatic nitrogens is 1. The minimum Gasteiger partial charge on any atom is -0.497 e. The predicted octanol–water partition coefficient (Wildman–Crippen LogP) is 4.59. The van der Waals surface area contributed by atoms with Gasteiger partial charge in [-0.05, 0) is 23.8 Å². The fourth-order valence-electron chi connectivity index (χ4n) is 3.35. The molecule has 1 aromatic heterocycles. The molecule has 0 saturated carbocycles. The van der Waals surface area contributed by atoms with Crippen molar-refractivity contribution in [2.75, 3.05) is 7.11 Å².